The summed E-state index contributed by atoms with van der Waals surface area (Å²) in [6.07, 6.45) is 5.25. The molecule has 0 aromatic rings. The fourth-order valence-electron chi connectivity index (χ4n) is 3.08. The van der Waals surface area contributed by atoms with Crippen LogP contribution in [0, 0.1) is 11.3 Å². The number of rotatable bonds is 7. The number of hydrogen-bond acceptors (Lipinski definition) is 6. The van der Waals surface area contributed by atoms with E-state index in [9.17, 15) is 9.59 Å². The van der Waals surface area contributed by atoms with Crippen LogP contribution in [0.15, 0.2) is 24.3 Å². The van der Waals surface area contributed by atoms with Crippen LogP contribution in [0.5, 0.6) is 0 Å². The van der Waals surface area contributed by atoms with E-state index in [4.69, 9.17) is 18.9 Å². The van der Waals surface area contributed by atoms with E-state index in [-0.39, 0.29) is 17.4 Å². The van der Waals surface area contributed by atoms with Gasteiger partial charge in [-0.05, 0) is 45.4 Å². The van der Waals surface area contributed by atoms with Crippen molar-refractivity contribution < 1.29 is 28.5 Å². The molecule has 0 amide bonds. The van der Waals surface area contributed by atoms with Gasteiger partial charge in [0.15, 0.2) is 0 Å². The number of carbonyl (C=O) groups is 2. The van der Waals surface area contributed by atoms with Gasteiger partial charge in [-0.15, -0.1) is 0 Å². The molecule has 2 heterocycles. The SMILES string of the molecule is C=C(C)C(=O)OCC1(CC)COC1.C=C(C)C(=O)OCC1CCC2OC2C1. The van der Waals surface area contributed by atoms with Gasteiger partial charge in [0, 0.05) is 11.1 Å². The molecule has 6 heteroatoms. The summed E-state index contributed by atoms with van der Waals surface area (Å²) in [6.45, 7) is 14.8. The molecule has 0 bridgehead atoms. The first-order valence-corrected chi connectivity index (χ1v) is 9.65. The molecule has 3 fully saturated rings. The van der Waals surface area contributed by atoms with Crippen LogP contribution in [0.1, 0.15) is 46.5 Å². The molecule has 152 valence electrons. The Balaban J connectivity index is 0.000000194. The summed E-state index contributed by atoms with van der Waals surface area (Å²) >= 11 is 0. The van der Waals surface area contributed by atoms with Gasteiger partial charge in [-0.25, -0.2) is 9.59 Å². The maximum absolute atomic E-state index is 11.1. The lowest BCUT2D eigenvalue weighted by atomic mass is 9.84. The van der Waals surface area contributed by atoms with Crippen LogP contribution in [0.2, 0.25) is 0 Å². The molecular weight excluding hydrogens is 348 g/mol. The molecule has 3 aliphatic rings. The minimum Gasteiger partial charge on any atom is -0.462 e. The molecule has 1 saturated carbocycles. The molecule has 3 rings (SSSR count). The van der Waals surface area contributed by atoms with E-state index in [0.717, 1.165) is 25.7 Å². The van der Waals surface area contributed by atoms with Crippen molar-refractivity contribution in [1.82, 2.24) is 0 Å². The Labute approximate surface area is 161 Å². The predicted octanol–water partition coefficient (Wildman–Crippen LogP) is 3.21. The molecule has 3 unspecified atom stereocenters. The normalized spacial score (nSPS) is 27.0. The molecule has 0 radical (unpaired) electrons. The molecule has 3 atom stereocenters. The lowest BCUT2D eigenvalue weighted by Gasteiger charge is -2.39. The summed E-state index contributed by atoms with van der Waals surface area (Å²) in [6, 6.07) is 0. The molecule has 0 N–H and O–H groups in total. The zero-order valence-corrected chi connectivity index (χ0v) is 16.8. The number of ether oxygens (including phenoxy) is 4. The molecule has 27 heavy (non-hydrogen) atoms. The number of carbonyl (C=O) groups excluding carboxylic acids is 2. The summed E-state index contributed by atoms with van der Waals surface area (Å²) in [5.41, 5.74) is 0.998. The van der Waals surface area contributed by atoms with Crippen LogP contribution in [-0.2, 0) is 28.5 Å². The maximum Gasteiger partial charge on any atom is 0.333 e. The third-order valence-corrected chi connectivity index (χ3v) is 5.34. The first-order valence-electron chi connectivity index (χ1n) is 9.65. The fourth-order valence-corrected chi connectivity index (χ4v) is 3.08. The number of epoxide rings is 1. The minimum absolute atomic E-state index is 0.0745. The van der Waals surface area contributed by atoms with Crippen molar-refractivity contribution in [2.75, 3.05) is 26.4 Å². The Morgan fingerprint density at radius 3 is 2.15 bits per heavy atom. The van der Waals surface area contributed by atoms with Crippen LogP contribution >= 0.6 is 0 Å². The molecule has 2 aliphatic heterocycles. The topological polar surface area (TPSA) is 74.4 Å². The van der Waals surface area contributed by atoms with E-state index in [2.05, 4.69) is 20.1 Å². The van der Waals surface area contributed by atoms with Crippen molar-refractivity contribution in [1.29, 1.82) is 0 Å². The van der Waals surface area contributed by atoms with Crippen LogP contribution in [0.3, 0.4) is 0 Å². The van der Waals surface area contributed by atoms with Gasteiger partial charge in [-0.1, -0.05) is 20.1 Å². The van der Waals surface area contributed by atoms with Crippen LogP contribution < -0.4 is 0 Å². The van der Waals surface area contributed by atoms with Gasteiger partial charge >= 0.3 is 11.9 Å². The molecule has 6 nitrogen and oxygen atoms in total. The Kier molecular flexibility index (Phi) is 7.62. The summed E-state index contributed by atoms with van der Waals surface area (Å²) in [4.78, 5) is 22.2. The quantitative estimate of drug-likeness (QED) is 0.384. The van der Waals surface area contributed by atoms with E-state index >= 15 is 0 Å². The largest absolute Gasteiger partial charge is 0.462 e. The highest BCUT2D eigenvalue weighted by atomic mass is 16.6. The standard InChI is InChI=1S/C11H16O3.C10H16O3/c1-7(2)11(12)13-6-8-3-4-9-10(5-8)14-9;1-4-10(5-12-6-10)7-13-9(11)8(2)3/h8-10H,1,3-6H2,2H3;2,4-7H2,1,3H3. The zero-order chi connectivity index (χ0) is 20.0. The van der Waals surface area contributed by atoms with Crippen molar-refractivity contribution in [3.63, 3.8) is 0 Å². The van der Waals surface area contributed by atoms with E-state index in [1.165, 1.54) is 0 Å². The molecule has 0 aromatic heterocycles. The average Bonchev–Trinajstić information content (AvgIpc) is 3.38. The molecule has 2 saturated heterocycles. The van der Waals surface area contributed by atoms with Crippen LogP contribution in [0.4, 0.5) is 0 Å². The van der Waals surface area contributed by atoms with Gasteiger partial charge in [0.1, 0.15) is 6.61 Å². The Hall–Kier alpha value is -1.66. The van der Waals surface area contributed by atoms with Gasteiger partial charge in [0.05, 0.1) is 37.4 Å². The highest BCUT2D eigenvalue weighted by Gasteiger charge is 2.44. The minimum atomic E-state index is -0.306. The average molecular weight is 380 g/mol. The van der Waals surface area contributed by atoms with Crippen molar-refractivity contribution in [2.45, 2.75) is 58.7 Å². The summed E-state index contributed by atoms with van der Waals surface area (Å²) in [5.74, 6) is -0.0920. The van der Waals surface area contributed by atoms with Gasteiger partial charge < -0.3 is 18.9 Å². The molecule has 0 aromatic carbocycles. The third kappa shape index (κ3) is 6.47. The number of hydrogen-bond donors (Lipinski definition) is 0. The monoisotopic (exact) mass is 380 g/mol. The maximum atomic E-state index is 11.1. The third-order valence-electron chi connectivity index (χ3n) is 5.34. The molecular formula is C21H32O6. The predicted molar refractivity (Wildman–Crippen MR) is 101 cm³/mol. The Morgan fingerprint density at radius 1 is 1.04 bits per heavy atom. The van der Waals surface area contributed by atoms with Crippen molar-refractivity contribution >= 4 is 11.9 Å². The second kappa shape index (κ2) is 9.51. The fraction of sp³-hybridized carbons (Fsp3) is 0.714. The molecule has 1 aliphatic carbocycles. The Morgan fingerprint density at radius 2 is 1.67 bits per heavy atom. The van der Waals surface area contributed by atoms with Gasteiger partial charge in [-0.3, -0.25) is 0 Å². The van der Waals surface area contributed by atoms with Gasteiger partial charge in [0.25, 0.3) is 0 Å². The summed E-state index contributed by atoms with van der Waals surface area (Å²) < 4.78 is 20.7. The lowest BCUT2D eigenvalue weighted by molar-refractivity contribution is -0.167. The number of esters is 2. The van der Waals surface area contributed by atoms with Gasteiger partial charge in [-0.2, -0.15) is 0 Å². The Bertz CT molecular complexity index is 572. The summed E-state index contributed by atoms with van der Waals surface area (Å²) in [5, 5.41) is 0. The first-order chi connectivity index (χ1) is 12.8. The highest BCUT2D eigenvalue weighted by Crippen LogP contribution is 2.39. The lowest BCUT2D eigenvalue weighted by Crippen LogP contribution is -2.46. The summed E-state index contributed by atoms with van der Waals surface area (Å²) in [7, 11) is 0. The number of fused-ring (bicyclic) bond motifs is 1. The van der Waals surface area contributed by atoms with E-state index < -0.39 is 0 Å². The van der Waals surface area contributed by atoms with Crippen LogP contribution in [0.25, 0.3) is 0 Å². The van der Waals surface area contributed by atoms with E-state index in [1.54, 1.807) is 13.8 Å². The van der Waals surface area contributed by atoms with Crippen molar-refractivity contribution in [2.24, 2.45) is 11.3 Å². The van der Waals surface area contributed by atoms with Crippen molar-refractivity contribution in [3.8, 4) is 0 Å². The van der Waals surface area contributed by atoms with E-state index in [1.807, 2.05) is 0 Å². The van der Waals surface area contributed by atoms with Crippen molar-refractivity contribution in [3.05, 3.63) is 24.3 Å². The van der Waals surface area contributed by atoms with Crippen LogP contribution in [-0.4, -0.2) is 50.6 Å². The smallest absolute Gasteiger partial charge is 0.333 e. The zero-order valence-electron chi connectivity index (χ0n) is 16.8. The molecule has 0 spiro atoms. The van der Waals surface area contributed by atoms with E-state index in [0.29, 0.717) is 55.7 Å². The second-order valence-corrected chi connectivity index (χ2v) is 7.97. The highest BCUT2D eigenvalue weighted by molar-refractivity contribution is 5.87. The first kappa shape index (κ1) is 21.6. The van der Waals surface area contributed by atoms with Gasteiger partial charge in [0.2, 0.25) is 0 Å². The second-order valence-electron chi connectivity index (χ2n) is 7.97.